The van der Waals surface area contributed by atoms with Crippen LogP contribution in [0.1, 0.15) is 46.6 Å². The van der Waals surface area contributed by atoms with Crippen molar-refractivity contribution in [2.45, 2.75) is 59.7 Å². The highest BCUT2D eigenvalue weighted by Gasteiger charge is 2.36. The summed E-state index contributed by atoms with van der Waals surface area (Å²) in [6, 6.07) is 11.6. The molecule has 1 aliphatic heterocycles. The fourth-order valence-corrected chi connectivity index (χ4v) is 3.55. The van der Waals surface area contributed by atoms with Crippen molar-refractivity contribution in [3.63, 3.8) is 0 Å². The molecule has 3 nitrogen and oxygen atoms in total. The van der Waals surface area contributed by atoms with Crippen molar-refractivity contribution in [1.82, 2.24) is 10.2 Å². The Morgan fingerprint density at radius 2 is 1.96 bits per heavy atom. The normalized spacial score (nSPS) is 24.0. The number of nitrogens with zero attached hydrogens (tertiary/aromatic N) is 1. The van der Waals surface area contributed by atoms with Crippen molar-refractivity contribution >= 4 is 0 Å². The number of nitrogens with one attached hydrogen (secondary N) is 1. The summed E-state index contributed by atoms with van der Waals surface area (Å²) in [7, 11) is 0. The molecule has 0 aromatic heterocycles. The van der Waals surface area contributed by atoms with Gasteiger partial charge in [-0.2, -0.15) is 0 Å². The number of piperazine rings is 1. The van der Waals surface area contributed by atoms with E-state index in [0.717, 1.165) is 32.2 Å². The Kier molecular flexibility index (Phi) is 7.27. The minimum absolute atomic E-state index is 0.285. The highest BCUT2D eigenvalue weighted by molar-refractivity contribution is 5.13. The molecule has 1 saturated heterocycles. The maximum Gasteiger partial charge on any atom is 0.0717 e. The summed E-state index contributed by atoms with van der Waals surface area (Å²) in [5.41, 5.74) is 1.54. The monoisotopic (exact) mass is 332 g/mol. The fourth-order valence-electron chi connectivity index (χ4n) is 3.55. The van der Waals surface area contributed by atoms with Gasteiger partial charge in [0.2, 0.25) is 0 Å². The van der Waals surface area contributed by atoms with Gasteiger partial charge in [0, 0.05) is 31.7 Å². The summed E-state index contributed by atoms with van der Waals surface area (Å²) >= 11 is 0. The van der Waals surface area contributed by atoms with Crippen LogP contribution in [0.4, 0.5) is 0 Å². The van der Waals surface area contributed by atoms with E-state index in [1.54, 1.807) is 0 Å². The first-order valence-corrected chi connectivity index (χ1v) is 9.51. The molecule has 3 heteroatoms. The minimum Gasteiger partial charge on any atom is -0.375 e. The molecule has 0 aliphatic carbocycles. The summed E-state index contributed by atoms with van der Waals surface area (Å²) < 4.78 is 5.94. The highest BCUT2D eigenvalue weighted by atomic mass is 16.5. The smallest absolute Gasteiger partial charge is 0.0717 e. The van der Waals surface area contributed by atoms with Gasteiger partial charge in [-0.15, -0.1) is 0 Å². The maximum absolute atomic E-state index is 5.94. The number of benzene rings is 1. The van der Waals surface area contributed by atoms with Gasteiger partial charge in [0.15, 0.2) is 0 Å². The van der Waals surface area contributed by atoms with E-state index >= 15 is 0 Å². The molecule has 0 radical (unpaired) electrons. The third kappa shape index (κ3) is 5.58. The lowest BCUT2D eigenvalue weighted by Crippen LogP contribution is -2.62. The predicted octanol–water partition coefficient (Wildman–Crippen LogP) is 3.94. The van der Waals surface area contributed by atoms with Crippen LogP contribution < -0.4 is 5.32 Å². The standard InChI is InChI=1S/C21H36N2O/c1-6-17(2)19-15-23(20(14-22-19)21(3,4)5)12-13-24-16-18-10-8-7-9-11-18/h7-11,17,19-20,22H,6,12-16H2,1-5H3. The van der Waals surface area contributed by atoms with Crippen molar-refractivity contribution in [3.8, 4) is 0 Å². The summed E-state index contributed by atoms with van der Waals surface area (Å²) in [6.07, 6.45) is 1.23. The van der Waals surface area contributed by atoms with E-state index in [4.69, 9.17) is 4.74 Å². The molecule has 0 saturated carbocycles. The van der Waals surface area contributed by atoms with E-state index < -0.39 is 0 Å². The molecular formula is C21H36N2O. The number of hydrogen-bond donors (Lipinski definition) is 1. The summed E-state index contributed by atoms with van der Waals surface area (Å²) in [5, 5.41) is 3.79. The van der Waals surface area contributed by atoms with Gasteiger partial charge < -0.3 is 10.1 Å². The number of rotatable bonds is 7. The van der Waals surface area contributed by atoms with Crippen molar-refractivity contribution < 1.29 is 4.74 Å². The Hall–Kier alpha value is -0.900. The zero-order chi connectivity index (χ0) is 17.6. The predicted molar refractivity (Wildman–Crippen MR) is 102 cm³/mol. The average molecular weight is 333 g/mol. The van der Waals surface area contributed by atoms with Crippen LogP contribution in [0.5, 0.6) is 0 Å². The quantitative estimate of drug-likeness (QED) is 0.766. The molecule has 1 N–H and O–H groups in total. The Labute approximate surface area is 148 Å². The largest absolute Gasteiger partial charge is 0.375 e. The van der Waals surface area contributed by atoms with E-state index in [0.29, 0.717) is 18.7 Å². The second-order valence-corrected chi connectivity index (χ2v) is 8.32. The lowest BCUT2D eigenvalue weighted by molar-refractivity contribution is 0.0139. The molecule has 24 heavy (non-hydrogen) atoms. The van der Waals surface area contributed by atoms with E-state index in [2.05, 4.69) is 69.1 Å². The minimum atomic E-state index is 0.285. The topological polar surface area (TPSA) is 24.5 Å². The Morgan fingerprint density at radius 3 is 2.58 bits per heavy atom. The summed E-state index contributed by atoms with van der Waals surface area (Å²) in [6.45, 7) is 16.4. The molecule has 1 aromatic carbocycles. The second-order valence-electron chi connectivity index (χ2n) is 8.32. The molecule has 0 spiro atoms. The third-order valence-electron chi connectivity index (χ3n) is 5.41. The molecule has 0 bridgehead atoms. The molecular weight excluding hydrogens is 296 g/mol. The van der Waals surface area contributed by atoms with Gasteiger partial charge in [-0.1, -0.05) is 71.4 Å². The van der Waals surface area contributed by atoms with E-state index in [-0.39, 0.29) is 5.41 Å². The molecule has 1 heterocycles. The van der Waals surface area contributed by atoms with Gasteiger partial charge >= 0.3 is 0 Å². The van der Waals surface area contributed by atoms with Crippen LogP contribution in [-0.2, 0) is 11.3 Å². The van der Waals surface area contributed by atoms with Crippen LogP contribution in [0, 0.1) is 11.3 Å². The van der Waals surface area contributed by atoms with Crippen molar-refractivity contribution in [3.05, 3.63) is 35.9 Å². The van der Waals surface area contributed by atoms with Crippen LogP contribution in [0.25, 0.3) is 0 Å². The molecule has 0 amide bonds. The second kappa shape index (κ2) is 8.98. The van der Waals surface area contributed by atoms with Crippen LogP contribution in [0.15, 0.2) is 30.3 Å². The Balaban J connectivity index is 1.87. The zero-order valence-electron chi connectivity index (χ0n) is 16.2. The van der Waals surface area contributed by atoms with E-state index in [1.807, 2.05) is 6.07 Å². The van der Waals surface area contributed by atoms with Gasteiger partial charge in [0.05, 0.1) is 13.2 Å². The lowest BCUT2D eigenvalue weighted by atomic mass is 9.82. The number of hydrogen-bond acceptors (Lipinski definition) is 3. The lowest BCUT2D eigenvalue weighted by Gasteiger charge is -2.47. The van der Waals surface area contributed by atoms with Gasteiger partial charge in [0.25, 0.3) is 0 Å². The van der Waals surface area contributed by atoms with Crippen LogP contribution in [0.2, 0.25) is 0 Å². The summed E-state index contributed by atoms with van der Waals surface area (Å²) in [4.78, 5) is 2.65. The van der Waals surface area contributed by atoms with Gasteiger partial charge in [0.1, 0.15) is 0 Å². The third-order valence-corrected chi connectivity index (χ3v) is 5.41. The first-order chi connectivity index (χ1) is 11.4. The van der Waals surface area contributed by atoms with Crippen molar-refractivity contribution in [1.29, 1.82) is 0 Å². The molecule has 136 valence electrons. The first kappa shape index (κ1) is 19.4. The molecule has 1 aromatic rings. The van der Waals surface area contributed by atoms with Crippen LogP contribution in [-0.4, -0.2) is 43.2 Å². The van der Waals surface area contributed by atoms with Crippen molar-refractivity contribution in [2.75, 3.05) is 26.2 Å². The molecule has 1 fully saturated rings. The van der Waals surface area contributed by atoms with Crippen molar-refractivity contribution in [2.24, 2.45) is 11.3 Å². The molecule has 2 rings (SSSR count). The van der Waals surface area contributed by atoms with Crippen LogP contribution in [0.3, 0.4) is 0 Å². The first-order valence-electron chi connectivity index (χ1n) is 9.51. The van der Waals surface area contributed by atoms with Gasteiger partial charge in [-0.3, -0.25) is 4.90 Å². The average Bonchev–Trinajstić information content (AvgIpc) is 2.58. The van der Waals surface area contributed by atoms with Crippen LogP contribution >= 0.6 is 0 Å². The fraction of sp³-hybridized carbons (Fsp3) is 0.714. The molecule has 1 aliphatic rings. The van der Waals surface area contributed by atoms with E-state index in [9.17, 15) is 0 Å². The van der Waals surface area contributed by atoms with E-state index in [1.165, 1.54) is 12.0 Å². The highest BCUT2D eigenvalue weighted by Crippen LogP contribution is 2.27. The maximum atomic E-state index is 5.94. The van der Waals surface area contributed by atoms with Gasteiger partial charge in [-0.25, -0.2) is 0 Å². The summed E-state index contributed by atoms with van der Waals surface area (Å²) in [5.74, 6) is 0.721. The Morgan fingerprint density at radius 1 is 1.25 bits per heavy atom. The molecule has 3 atom stereocenters. The van der Waals surface area contributed by atoms with Gasteiger partial charge in [-0.05, 0) is 16.9 Å². The zero-order valence-corrected chi connectivity index (χ0v) is 16.2. The number of ether oxygens (including phenoxy) is 1. The molecule has 3 unspecified atom stereocenters. The Bertz CT molecular complexity index is 468. The SMILES string of the molecule is CCC(C)C1CN(CCOCc2ccccc2)C(C(C)(C)C)CN1.